The fourth-order valence-corrected chi connectivity index (χ4v) is 2.27. The molecule has 22 heavy (non-hydrogen) atoms. The molecule has 0 amide bonds. The SMILES string of the molecule is Cn1c(COC(=O)c2ccc(Cl)cc2Cl)cc(=O)n(C)c1=O. The van der Waals surface area contributed by atoms with E-state index in [4.69, 9.17) is 27.9 Å². The van der Waals surface area contributed by atoms with Gasteiger partial charge >= 0.3 is 11.7 Å². The molecule has 0 aliphatic rings. The van der Waals surface area contributed by atoms with Crippen LogP contribution >= 0.6 is 23.2 Å². The highest BCUT2D eigenvalue weighted by atomic mass is 35.5. The van der Waals surface area contributed by atoms with Crippen molar-refractivity contribution in [1.29, 1.82) is 0 Å². The Labute approximate surface area is 135 Å². The highest BCUT2D eigenvalue weighted by Gasteiger charge is 2.14. The monoisotopic (exact) mass is 342 g/mol. The van der Waals surface area contributed by atoms with Gasteiger partial charge in [0.05, 0.1) is 16.3 Å². The second kappa shape index (κ2) is 6.37. The number of hydrogen-bond acceptors (Lipinski definition) is 4. The van der Waals surface area contributed by atoms with Crippen molar-refractivity contribution in [3.8, 4) is 0 Å². The molecule has 0 radical (unpaired) electrons. The average Bonchev–Trinajstić information content (AvgIpc) is 2.47. The summed E-state index contributed by atoms with van der Waals surface area (Å²) < 4.78 is 7.29. The molecule has 0 bridgehead atoms. The summed E-state index contributed by atoms with van der Waals surface area (Å²) in [4.78, 5) is 35.3. The van der Waals surface area contributed by atoms with E-state index in [0.29, 0.717) is 5.02 Å². The average molecular weight is 343 g/mol. The summed E-state index contributed by atoms with van der Waals surface area (Å²) in [5.41, 5.74) is -0.534. The summed E-state index contributed by atoms with van der Waals surface area (Å²) in [6.07, 6.45) is 0. The van der Waals surface area contributed by atoms with E-state index in [0.717, 1.165) is 4.57 Å². The van der Waals surface area contributed by atoms with Gasteiger partial charge in [-0.2, -0.15) is 0 Å². The highest BCUT2D eigenvalue weighted by Crippen LogP contribution is 2.21. The number of carbonyl (C=O) groups is 1. The van der Waals surface area contributed by atoms with E-state index in [-0.39, 0.29) is 22.9 Å². The highest BCUT2D eigenvalue weighted by molar-refractivity contribution is 6.36. The molecule has 0 aliphatic heterocycles. The molecule has 0 unspecified atom stereocenters. The first-order chi connectivity index (χ1) is 10.3. The number of hydrogen-bond donors (Lipinski definition) is 0. The Morgan fingerprint density at radius 1 is 1.14 bits per heavy atom. The van der Waals surface area contributed by atoms with Crippen LogP contribution in [0.25, 0.3) is 0 Å². The van der Waals surface area contributed by atoms with Gasteiger partial charge in [-0.25, -0.2) is 9.59 Å². The molecule has 0 fully saturated rings. The van der Waals surface area contributed by atoms with Gasteiger partial charge < -0.3 is 4.74 Å². The predicted molar refractivity (Wildman–Crippen MR) is 82.5 cm³/mol. The number of esters is 1. The number of carbonyl (C=O) groups excluding carboxylic acids is 1. The number of nitrogens with zero attached hydrogens (tertiary/aromatic N) is 2. The van der Waals surface area contributed by atoms with Gasteiger partial charge in [0.15, 0.2) is 0 Å². The topological polar surface area (TPSA) is 70.3 Å². The maximum absolute atomic E-state index is 12.0. The van der Waals surface area contributed by atoms with Crippen LogP contribution in [0.5, 0.6) is 0 Å². The summed E-state index contributed by atoms with van der Waals surface area (Å²) in [7, 11) is 2.86. The molecule has 6 nitrogen and oxygen atoms in total. The van der Waals surface area contributed by atoms with Gasteiger partial charge in [0.25, 0.3) is 5.56 Å². The van der Waals surface area contributed by atoms with Crippen LogP contribution in [0.2, 0.25) is 10.0 Å². The van der Waals surface area contributed by atoms with Crippen molar-refractivity contribution < 1.29 is 9.53 Å². The van der Waals surface area contributed by atoms with Crippen molar-refractivity contribution in [2.75, 3.05) is 0 Å². The molecule has 2 aromatic rings. The molecular weight excluding hydrogens is 331 g/mol. The van der Waals surface area contributed by atoms with E-state index in [1.54, 1.807) is 0 Å². The Bertz CT molecular complexity index is 855. The van der Waals surface area contributed by atoms with Crippen molar-refractivity contribution in [2.24, 2.45) is 14.1 Å². The summed E-state index contributed by atoms with van der Waals surface area (Å²) in [5.74, 6) is -0.671. The van der Waals surface area contributed by atoms with E-state index >= 15 is 0 Å². The zero-order valence-electron chi connectivity index (χ0n) is 11.8. The molecule has 2 rings (SSSR count). The molecule has 0 N–H and O–H groups in total. The number of rotatable bonds is 3. The van der Waals surface area contributed by atoms with Crippen LogP contribution in [-0.2, 0) is 25.4 Å². The fourth-order valence-electron chi connectivity index (χ4n) is 1.79. The first kappa shape index (κ1) is 16.3. The quantitative estimate of drug-likeness (QED) is 0.796. The van der Waals surface area contributed by atoms with E-state index in [9.17, 15) is 14.4 Å². The van der Waals surface area contributed by atoms with Crippen molar-refractivity contribution in [3.05, 3.63) is 66.4 Å². The molecular formula is C14H12Cl2N2O4. The molecule has 0 spiro atoms. The molecule has 1 aromatic heterocycles. The minimum absolute atomic E-state index is 0.153. The van der Waals surface area contributed by atoms with E-state index in [1.165, 1.54) is 42.9 Å². The van der Waals surface area contributed by atoms with Gasteiger partial charge in [-0.15, -0.1) is 0 Å². The van der Waals surface area contributed by atoms with Crippen molar-refractivity contribution in [3.63, 3.8) is 0 Å². The fraction of sp³-hybridized carbons (Fsp3) is 0.214. The maximum Gasteiger partial charge on any atom is 0.340 e. The lowest BCUT2D eigenvalue weighted by atomic mass is 10.2. The molecule has 0 atom stereocenters. The number of halogens is 2. The van der Waals surface area contributed by atoms with Crippen molar-refractivity contribution >= 4 is 29.2 Å². The summed E-state index contributed by atoms with van der Waals surface area (Å²) in [6, 6.07) is 5.61. The van der Waals surface area contributed by atoms with Crippen LogP contribution in [0.1, 0.15) is 16.1 Å². The van der Waals surface area contributed by atoms with Crippen LogP contribution in [0.3, 0.4) is 0 Å². The van der Waals surface area contributed by atoms with E-state index in [2.05, 4.69) is 0 Å². The predicted octanol–water partition coefficient (Wildman–Crippen LogP) is 1.75. The lowest BCUT2D eigenvalue weighted by Gasteiger charge is -2.10. The second-order valence-electron chi connectivity index (χ2n) is 4.57. The van der Waals surface area contributed by atoms with Gasteiger partial charge in [-0.3, -0.25) is 13.9 Å². The standard InChI is InChI=1S/C14H12Cl2N2O4/c1-17-9(6-12(19)18(2)14(17)21)7-22-13(20)10-4-3-8(15)5-11(10)16/h3-6H,7H2,1-2H3. The molecule has 0 saturated carbocycles. The molecule has 0 aliphatic carbocycles. The van der Waals surface area contributed by atoms with Gasteiger partial charge in [0, 0.05) is 25.2 Å². The van der Waals surface area contributed by atoms with E-state index < -0.39 is 17.2 Å². The minimum Gasteiger partial charge on any atom is -0.456 e. The number of ether oxygens (including phenoxy) is 1. The normalized spacial score (nSPS) is 10.5. The third-order valence-corrected chi connectivity index (χ3v) is 3.68. The molecule has 8 heteroatoms. The van der Waals surface area contributed by atoms with Gasteiger partial charge in [-0.1, -0.05) is 23.2 Å². The Hall–Kier alpha value is -2.05. The zero-order chi connectivity index (χ0) is 16.4. The lowest BCUT2D eigenvalue weighted by Crippen LogP contribution is -2.38. The Morgan fingerprint density at radius 3 is 2.45 bits per heavy atom. The van der Waals surface area contributed by atoms with Crippen LogP contribution < -0.4 is 11.2 Å². The molecule has 1 heterocycles. The van der Waals surface area contributed by atoms with Crippen LogP contribution in [0.15, 0.2) is 33.9 Å². The molecule has 0 saturated heterocycles. The van der Waals surface area contributed by atoms with Crippen molar-refractivity contribution in [2.45, 2.75) is 6.61 Å². The summed E-state index contributed by atoms with van der Waals surface area (Å²) in [6.45, 7) is -0.223. The lowest BCUT2D eigenvalue weighted by molar-refractivity contribution is 0.0463. The third-order valence-electron chi connectivity index (χ3n) is 3.13. The summed E-state index contributed by atoms with van der Waals surface area (Å²) in [5, 5.41) is 0.561. The van der Waals surface area contributed by atoms with Crippen LogP contribution in [0.4, 0.5) is 0 Å². The van der Waals surface area contributed by atoms with Gasteiger partial charge in [0.1, 0.15) is 6.61 Å². The first-order valence-electron chi connectivity index (χ1n) is 6.19. The maximum atomic E-state index is 12.0. The first-order valence-corrected chi connectivity index (χ1v) is 6.95. The Kier molecular flexibility index (Phi) is 4.73. The van der Waals surface area contributed by atoms with Gasteiger partial charge in [0.2, 0.25) is 0 Å². The molecule has 1 aromatic carbocycles. The Morgan fingerprint density at radius 2 is 1.82 bits per heavy atom. The smallest absolute Gasteiger partial charge is 0.340 e. The van der Waals surface area contributed by atoms with Crippen LogP contribution in [-0.4, -0.2) is 15.1 Å². The molecule has 116 valence electrons. The zero-order valence-corrected chi connectivity index (χ0v) is 13.3. The van der Waals surface area contributed by atoms with Crippen molar-refractivity contribution in [1.82, 2.24) is 9.13 Å². The second-order valence-corrected chi connectivity index (χ2v) is 5.42. The summed E-state index contributed by atoms with van der Waals surface area (Å²) >= 11 is 11.7. The largest absolute Gasteiger partial charge is 0.456 e. The number of benzene rings is 1. The van der Waals surface area contributed by atoms with E-state index in [1.807, 2.05) is 0 Å². The Balaban J connectivity index is 2.22. The minimum atomic E-state index is -0.671. The van der Waals surface area contributed by atoms with Gasteiger partial charge in [-0.05, 0) is 18.2 Å². The third kappa shape index (κ3) is 3.23. The van der Waals surface area contributed by atoms with Crippen LogP contribution in [0, 0.1) is 0 Å². The number of aromatic nitrogens is 2.